The Labute approximate surface area is 91.9 Å². The van der Waals surface area contributed by atoms with E-state index < -0.39 is 15.1 Å². The van der Waals surface area contributed by atoms with Crippen LogP contribution in [0.4, 0.5) is 19.4 Å². The number of H-pyrrole nitrogens is 1. The molecule has 0 saturated carbocycles. The number of fused-ring (bicyclic) bond motifs is 1. The Morgan fingerprint density at radius 1 is 1.00 bits per heavy atom. The first-order chi connectivity index (χ1) is 6.95. The zero-order valence-corrected chi connectivity index (χ0v) is 9.06. The van der Waals surface area contributed by atoms with Crippen molar-refractivity contribution in [1.29, 1.82) is 0 Å². The number of rotatable bonds is 1. The second-order valence-electron chi connectivity index (χ2n) is 3.34. The van der Waals surface area contributed by atoms with Crippen molar-refractivity contribution in [3.05, 3.63) is 29.4 Å². The van der Waals surface area contributed by atoms with Crippen LogP contribution in [0, 0.1) is 0 Å². The minimum atomic E-state index is -9.61. The molecule has 8 heteroatoms. The van der Waals surface area contributed by atoms with Crippen LogP contribution in [0.5, 0.6) is 0 Å². The van der Waals surface area contributed by atoms with Gasteiger partial charge in [0.15, 0.2) is 0 Å². The van der Waals surface area contributed by atoms with Crippen molar-refractivity contribution in [2.24, 2.45) is 0 Å². The summed E-state index contributed by atoms with van der Waals surface area (Å²) < 4.78 is 62.2. The Balaban J connectivity index is 2.74. The zero-order chi connectivity index (χ0) is 12.3. The molecule has 0 aliphatic carbocycles. The highest BCUT2D eigenvalue weighted by Crippen LogP contribution is 3.02. The summed E-state index contributed by atoms with van der Waals surface area (Å²) in [6, 6.07) is 3.02. The predicted octanol–water partition coefficient (Wildman–Crippen LogP) is 5.48. The van der Waals surface area contributed by atoms with Gasteiger partial charge < -0.3 is 4.98 Å². The summed E-state index contributed by atoms with van der Waals surface area (Å²) in [4.78, 5) is 0.431. The third-order valence-corrected chi connectivity index (χ3v) is 3.35. The molecule has 0 bridgehead atoms. The second kappa shape index (κ2) is 2.48. The van der Waals surface area contributed by atoms with Gasteiger partial charge in [0.2, 0.25) is 0 Å². The number of halogens is 6. The summed E-state index contributed by atoms with van der Waals surface area (Å²) in [5, 5.41) is 0.435. The normalized spacial score (nSPS) is 17.1. The lowest BCUT2D eigenvalue weighted by Crippen LogP contribution is -2.05. The molecule has 1 N–H and O–H groups in total. The van der Waals surface area contributed by atoms with E-state index >= 15 is 0 Å². The molecule has 0 amide bonds. The van der Waals surface area contributed by atoms with E-state index in [9.17, 15) is 19.4 Å². The highest BCUT2D eigenvalue weighted by molar-refractivity contribution is 8.45. The first-order valence-electron chi connectivity index (χ1n) is 3.98. The molecular formula is C8H5ClF5NS. The Morgan fingerprint density at radius 3 is 2.19 bits per heavy atom. The number of benzene rings is 1. The maximum absolute atomic E-state index is 12.4. The topological polar surface area (TPSA) is 15.8 Å². The van der Waals surface area contributed by atoms with E-state index in [0.29, 0.717) is 17.5 Å². The molecule has 1 aromatic heterocycles. The molecule has 16 heavy (non-hydrogen) atoms. The second-order valence-corrected chi connectivity index (χ2v) is 6.15. The first kappa shape index (κ1) is 11.5. The molecule has 0 saturated heterocycles. The fraction of sp³-hybridized carbons (Fsp3) is 0. The molecule has 2 rings (SSSR count). The van der Waals surface area contributed by atoms with Gasteiger partial charge in [-0.3, -0.25) is 0 Å². The van der Waals surface area contributed by atoms with Gasteiger partial charge in [-0.2, -0.15) is 0 Å². The van der Waals surface area contributed by atoms with Gasteiger partial charge in [-0.25, -0.2) is 0 Å². The van der Waals surface area contributed by atoms with Crippen molar-refractivity contribution >= 4 is 32.7 Å². The van der Waals surface area contributed by atoms with E-state index in [1.165, 1.54) is 6.07 Å². The van der Waals surface area contributed by atoms with Crippen molar-refractivity contribution in [3.8, 4) is 0 Å². The molecule has 0 radical (unpaired) electrons. The van der Waals surface area contributed by atoms with Gasteiger partial charge in [0.1, 0.15) is 10.0 Å². The first-order valence-corrected chi connectivity index (χ1v) is 6.31. The van der Waals surface area contributed by atoms with Crippen LogP contribution in [-0.2, 0) is 0 Å². The van der Waals surface area contributed by atoms with E-state index in [4.69, 9.17) is 11.6 Å². The molecule has 0 aliphatic heterocycles. The van der Waals surface area contributed by atoms with Gasteiger partial charge in [-0.05, 0) is 18.2 Å². The Hall–Kier alpha value is -0.950. The van der Waals surface area contributed by atoms with E-state index in [1.54, 1.807) is 0 Å². The van der Waals surface area contributed by atoms with Crippen LogP contribution in [0.3, 0.4) is 0 Å². The van der Waals surface area contributed by atoms with Crippen LogP contribution in [0.15, 0.2) is 29.2 Å². The summed E-state index contributed by atoms with van der Waals surface area (Å²) >= 11 is 5.50. The van der Waals surface area contributed by atoms with Gasteiger partial charge >= 0.3 is 10.2 Å². The summed E-state index contributed by atoms with van der Waals surface area (Å²) in [5.41, 5.74) is -0.0734. The summed E-state index contributed by atoms with van der Waals surface area (Å²) in [7, 11) is -9.61. The highest BCUT2D eigenvalue weighted by atomic mass is 35.5. The molecule has 1 heterocycles. The van der Waals surface area contributed by atoms with Gasteiger partial charge in [-0.1, -0.05) is 37.1 Å². The van der Waals surface area contributed by atoms with Crippen LogP contribution < -0.4 is 0 Å². The fourth-order valence-corrected chi connectivity index (χ4v) is 2.20. The lowest BCUT2D eigenvalue weighted by atomic mass is 10.2. The zero-order valence-electron chi connectivity index (χ0n) is 7.49. The Morgan fingerprint density at radius 2 is 1.62 bits per heavy atom. The molecule has 0 aliphatic rings. The maximum atomic E-state index is 12.4. The number of hydrogen-bond donors (Lipinski definition) is 1. The van der Waals surface area contributed by atoms with E-state index in [-0.39, 0.29) is 10.7 Å². The van der Waals surface area contributed by atoms with Crippen molar-refractivity contribution < 1.29 is 19.4 Å². The number of aromatic nitrogens is 1. The van der Waals surface area contributed by atoms with Gasteiger partial charge in [0.25, 0.3) is 0 Å². The smallest absolute Gasteiger partial charge is 0.310 e. The van der Waals surface area contributed by atoms with Crippen LogP contribution in [0.25, 0.3) is 10.9 Å². The third-order valence-electron chi connectivity index (χ3n) is 2.01. The average Bonchev–Trinajstić information content (AvgIpc) is 2.38. The minimum absolute atomic E-state index is 0.0734. The van der Waals surface area contributed by atoms with Gasteiger partial charge in [0.05, 0.1) is 0 Å². The van der Waals surface area contributed by atoms with Crippen molar-refractivity contribution in [3.63, 3.8) is 0 Å². The minimum Gasteiger partial charge on any atom is -0.346 e. The number of hydrogen-bond acceptors (Lipinski definition) is 0. The standard InChI is InChI=1S/C8H5ClF5NS/c9-8-3-5-1-2-6(4-7(5)15-8)16(10,11,12,13)14/h1-4,15H. The lowest BCUT2D eigenvalue weighted by molar-refractivity contribution is 0.364. The highest BCUT2D eigenvalue weighted by Gasteiger charge is 2.65. The van der Waals surface area contributed by atoms with E-state index in [2.05, 4.69) is 4.98 Å². The van der Waals surface area contributed by atoms with Crippen LogP contribution in [0.1, 0.15) is 0 Å². The van der Waals surface area contributed by atoms with Crippen LogP contribution in [-0.4, -0.2) is 4.98 Å². The summed E-state index contributed by atoms with van der Waals surface area (Å²) in [5.74, 6) is 0. The molecule has 0 unspecified atom stereocenters. The number of aromatic amines is 1. The van der Waals surface area contributed by atoms with Crippen molar-refractivity contribution in [2.45, 2.75) is 4.90 Å². The number of nitrogens with one attached hydrogen (secondary N) is 1. The molecule has 0 spiro atoms. The molecule has 1 aromatic carbocycles. The SMILES string of the molecule is FS(F)(F)(F)(F)c1ccc2cc(Cl)[nH]c2c1. The predicted molar refractivity (Wildman–Crippen MR) is 54.7 cm³/mol. The molecular weight excluding hydrogens is 273 g/mol. The third kappa shape index (κ3) is 2.10. The molecule has 2 aromatic rings. The van der Waals surface area contributed by atoms with Crippen LogP contribution in [0.2, 0.25) is 5.15 Å². The lowest BCUT2D eigenvalue weighted by Gasteiger charge is -2.40. The Bertz CT molecular complexity index is 573. The largest absolute Gasteiger partial charge is 0.346 e. The van der Waals surface area contributed by atoms with Crippen molar-refractivity contribution in [1.82, 2.24) is 4.98 Å². The fourth-order valence-electron chi connectivity index (χ4n) is 1.31. The van der Waals surface area contributed by atoms with Crippen molar-refractivity contribution in [2.75, 3.05) is 0 Å². The Kier molecular flexibility index (Phi) is 1.79. The summed E-state index contributed by atoms with van der Waals surface area (Å²) in [6.45, 7) is 0. The molecule has 0 fully saturated rings. The molecule has 1 nitrogen and oxygen atoms in total. The van der Waals surface area contributed by atoms with Crippen LogP contribution >= 0.6 is 21.8 Å². The molecule has 90 valence electrons. The van der Waals surface area contributed by atoms with Gasteiger partial charge in [-0.15, -0.1) is 0 Å². The van der Waals surface area contributed by atoms with E-state index in [0.717, 1.165) is 6.07 Å². The average molecular weight is 278 g/mol. The van der Waals surface area contributed by atoms with Gasteiger partial charge in [0, 0.05) is 10.9 Å². The monoisotopic (exact) mass is 277 g/mol. The maximum Gasteiger partial charge on any atom is 0.310 e. The quantitative estimate of drug-likeness (QED) is 0.664. The molecule has 0 atom stereocenters. The van der Waals surface area contributed by atoms with E-state index in [1.807, 2.05) is 0 Å². The summed E-state index contributed by atoms with van der Waals surface area (Å²) in [6.07, 6.45) is 0.